The number of aliphatic hydroxyl groups is 1. The lowest BCUT2D eigenvalue weighted by molar-refractivity contribution is -0.161. The number of carbonyl (C=O) groups excluding carboxylic acids is 2. The van der Waals surface area contributed by atoms with Gasteiger partial charge in [-0.1, -0.05) is 146 Å². The number of esters is 2. The fourth-order valence-electron chi connectivity index (χ4n) is 4.72. The molecule has 0 heterocycles. The summed E-state index contributed by atoms with van der Waals surface area (Å²) >= 11 is 0. The van der Waals surface area contributed by atoms with E-state index in [4.69, 9.17) is 9.47 Å². The van der Waals surface area contributed by atoms with E-state index < -0.39 is 6.10 Å². The fraction of sp³-hybridized carbons (Fsp3) is 0.737. The maximum Gasteiger partial charge on any atom is 0.306 e. The minimum atomic E-state index is -0.781. The molecule has 0 radical (unpaired) electrons. The van der Waals surface area contributed by atoms with E-state index in [2.05, 4.69) is 62.5 Å². The van der Waals surface area contributed by atoms with E-state index in [9.17, 15) is 14.7 Å². The standard InChI is InChI=1S/C38H66O5/c1-3-5-7-9-11-13-15-17-18-19-20-21-23-25-27-29-31-33-38(41)43-36(34-39)35-42-37(40)32-30-28-26-24-22-16-14-12-10-8-6-4-2/h5,7,11,13,17-18,20-21,36,39H,3-4,6,8-10,12,14-16,19,22-35H2,1-2H3/t36-/m0/s1. The van der Waals surface area contributed by atoms with E-state index >= 15 is 0 Å². The van der Waals surface area contributed by atoms with Crippen molar-refractivity contribution in [1.29, 1.82) is 0 Å². The average Bonchev–Trinajstić information content (AvgIpc) is 3.01. The number of rotatable bonds is 31. The zero-order chi connectivity index (χ0) is 31.5. The largest absolute Gasteiger partial charge is 0.462 e. The van der Waals surface area contributed by atoms with E-state index in [-0.39, 0.29) is 25.2 Å². The van der Waals surface area contributed by atoms with Gasteiger partial charge in [0.25, 0.3) is 0 Å². The van der Waals surface area contributed by atoms with Crippen LogP contribution >= 0.6 is 0 Å². The fourth-order valence-corrected chi connectivity index (χ4v) is 4.72. The Labute approximate surface area is 265 Å². The first-order valence-corrected chi connectivity index (χ1v) is 17.7. The Balaban J connectivity index is 3.64. The average molecular weight is 603 g/mol. The Morgan fingerprint density at radius 1 is 0.558 bits per heavy atom. The van der Waals surface area contributed by atoms with Crippen molar-refractivity contribution in [2.45, 2.75) is 168 Å². The van der Waals surface area contributed by atoms with Gasteiger partial charge in [0.05, 0.1) is 6.61 Å². The molecule has 0 aromatic carbocycles. The first-order chi connectivity index (χ1) is 21.1. The molecule has 5 heteroatoms. The molecular weight excluding hydrogens is 536 g/mol. The molecule has 0 saturated heterocycles. The maximum atomic E-state index is 12.1. The van der Waals surface area contributed by atoms with Gasteiger partial charge in [-0.2, -0.15) is 0 Å². The van der Waals surface area contributed by atoms with Crippen LogP contribution in [-0.2, 0) is 19.1 Å². The highest BCUT2D eigenvalue weighted by Crippen LogP contribution is 2.13. The van der Waals surface area contributed by atoms with E-state index in [1.807, 2.05) is 0 Å². The lowest BCUT2D eigenvalue weighted by Crippen LogP contribution is -2.28. The normalized spacial score (nSPS) is 12.7. The van der Waals surface area contributed by atoms with Crippen LogP contribution in [0.3, 0.4) is 0 Å². The number of hydrogen-bond acceptors (Lipinski definition) is 5. The molecule has 0 unspecified atom stereocenters. The molecule has 0 saturated carbocycles. The summed E-state index contributed by atoms with van der Waals surface area (Å²) < 4.78 is 10.5. The third-order valence-corrected chi connectivity index (χ3v) is 7.39. The molecule has 0 aliphatic rings. The summed E-state index contributed by atoms with van der Waals surface area (Å²) in [5, 5.41) is 9.51. The highest BCUT2D eigenvalue weighted by Gasteiger charge is 2.16. The lowest BCUT2D eigenvalue weighted by Gasteiger charge is -2.15. The molecule has 0 aromatic rings. The van der Waals surface area contributed by atoms with Crippen molar-refractivity contribution < 1.29 is 24.2 Å². The monoisotopic (exact) mass is 602 g/mol. The molecule has 1 atom stereocenters. The second kappa shape index (κ2) is 34.4. The van der Waals surface area contributed by atoms with Gasteiger partial charge >= 0.3 is 11.9 Å². The van der Waals surface area contributed by atoms with Crippen LogP contribution in [0.2, 0.25) is 0 Å². The number of aliphatic hydroxyl groups excluding tert-OH is 1. The number of unbranched alkanes of at least 4 members (excludes halogenated alkanes) is 15. The third kappa shape index (κ3) is 32.6. The van der Waals surface area contributed by atoms with Gasteiger partial charge in [-0.05, 0) is 51.4 Å². The molecular formula is C38H66O5. The lowest BCUT2D eigenvalue weighted by atomic mass is 10.0. The van der Waals surface area contributed by atoms with Gasteiger partial charge in [-0.25, -0.2) is 0 Å². The molecule has 0 aliphatic carbocycles. The van der Waals surface area contributed by atoms with Crippen LogP contribution in [0.5, 0.6) is 0 Å². The Hall–Kier alpha value is -2.14. The first-order valence-electron chi connectivity index (χ1n) is 17.7. The zero-order valence-electron chi connectivity index (χ0n) is 28.0. The maximum absolute atomic E-state index is 12.1. The summed E-state index contributed by atoms with van der Waals surface area (Å²) in [4.78, 5) is 24.1. The van der Waals surface area contributed by atoms with Crippen molar-refractivity contribution in [3.8, 4) is 0 Å². The van der Waals surface area contributed by atoms with E-state index in [1.165, 1.54) is 57.8 Å². The molecule has 0 aromatic heterocycles. The molecule has 0 spiro atoms. The van der Waals surface area contributed by atoms with Crippen LogP contribution < -0.4 is 0 Å². The Kier molecular flexibility index (Phi) is 32.6. The number of carbonyl (C=O) groups is 2. The van der Waals surface area contributed by atoms with E-state index in [1.54, 1.807) is 0 Å². The summed E-state index contributed by atoms with van der Waals surface area (Å²) in [7, 11) is 0. The van der Waals surface area contributed by atoms with Crippen LogP contribution in [0.1, 0.15) is 162 Å². The van der Waals surface area contributed by atoms with Gasteiger partial charge in [0.2, 0.25) is 0 Å². The highest BCUT2D eigenvalue weighted by atomic mass is 16.6. The van der Waals surface area contributed by atoms with Gasteiger partial charge in [-0.3, -0.25) is 9.59 Å². The van der Waals surface area contributed by atoms with Crippen molar-refractivity contribution in [3.63, 3.8) is 0 Å². The van der Waals surface area contributed by atoms with Gasteiger partial charge in [0, 0.05) is 12.8 Å². The summed E-state index contributed by atoms with van der Waals surface area (Å²) in [5.41, 5.74) is 0. The molecule has 1 N–H and O–H groups in total. The molecule has 0 rings (SSSR count). The van der Waals surface area contributed by atoms with Crippen molar-refractivity contribution in [3.05, 3.63) is 48.6 Å². The van der Waals surface area contributed by atoms with Crippen LogP contribution in [0, 0.1) is 0 Å². The Bertz CT molecular complexity index is 737. The SMILES string of the molecule is CCC=CCC=CCC=CCC=CCCCCCCC(=O)O[C@@H](CO)COC(=O)CCCCCCCCCCCCCC. The van der Waals surface area contributed by atoms with Crippen molar-refractivity contribution in [2.75, 3.05) is 13.2 Å². The predicted molar refractivity (Wildman–Crippen MR) is 182 cm³/mol. The van der Waals surface area contributed by atoms with E-state index in [0.29, 0.717) is 12.8 Å². The Morgan fingerprint density at radius 3 is 1.51 bits per heavy atom. The summed E-state index contributed by atoms with van der Waals surface area (Å²) in [5.74, 6) is -0.621. The number of ether oxygens (including phenoxy) is 2. The van der Waals surface area contributed by atoms with Crippen LogP contribution in [0.25, 0.3) is 0 Å². The van der Waals surface area contributed by atoms with E-state index in [0.717, 1.165) is 77.0 Å². The predicted octanol–water partition coefficient (Wildman–Crippen LogP) is 10.7. The first kappa shape index (κ1) is 40.9. The van der Waals surface area contributed by atoms with Crippen molar-refractivity contribution in [2.24, 2.45) is 0 Å². The summed E-state index contributed by atoms with van der Waals surface area (Å²) in [6.45, 7) is 3.98. The van der Waals surface area contributed by atoms with Crippen molar-refractivity contribution >= 4 is 11.9 Å². The molecule has 0 bridgehead atoms. The topological polar surface area (TPSA) is 72.8 Å². The molecule has 0 amide bonds. The van der Waals surface area contributed by atoms with Gasteiger partial charge in [0.1, 0.15) is 6.61 Å². The summed E-state index contributed by atoms with van der Waals surface area (Å²) in [6.07, 6.45) is 41.6. The quantitative estimate of drug-likeness (QED) is 0.0485. The number of allylic oxidation sites excluding steroid dienone is 8. The van der Waals surface area contributed by atoms with Gasteiger partial charge in [-0.15, -0.1) is 0 Å². The third-order valence-electron chi connectivity index (χ3n) is 7.39. The zero-order valence-corrected chi connectivity index (χ0v) is 28.0. The van der Waals surface area contributed by atoms with Crippen LogP contribution in [0.4, 0.5) is 0 Å². The van der Waals surface area contributed by atoms with Gasteiger partial charge < -0.3 is 14.6 Å². The van der Waals surface area contributed by atoms with Crippen LogP contribution in [0.15, 0.2) is 48.6 Å². The number of hydrogen-bond donors (Lipinski definition) is 1. The highest BCUT2D eigenvalue weighted by molar-refractivity contribution is 5.70. The molecule has 5 nitrogen and oxygen atoms in total. The molecule has 0 aliphatic heterocycles. The minimum Gasteiger partial charge on any atom is -0.462 e. The molecule has 0 fully saturated rings. The molecule has 248 valence electrons. The second-order valence-electron chi connectivity index (χ2n) is 11.6. The molecule has 43 heavy (non-hydrogen) atoms. The van der Waals surface area contributed by atoms with Gasteiger partial charge in [0.15, 0.2) is 6.10 Å². The van der Waals surface area contributed by atoms with Crippen molar-refractivity contribution in [1.82, 2.24) is 0 Å². The smallest absolute Gasteiger partial charge is 0.306 e. The Morgan fingerprint density at radius 2 is 1.00 bits per heavy atom. The second-order valence-corrected chi connectivity index (χ2v) is 11.6. The van der Waals surface area contributed by atoms with Crippen LogP contribution in [-0.4, -0.2) is 36.4 Å². The minimum absolute atomic E-state index is 0.0752. The summed E-state index contributed by atoms with van der Waals surface area (Å²) in [6, 6.07) is 0.